The smallest absolute Gasteiger partial charge is 0.0671 e. The van der Waals surface area contributed by atoms with Crippen LogP contribution in [-0.4, -0.2) is 19.3 Å². The molecular formula is C12H18INO. The van der Waals surface area contributed by atoms with E-state index in [4.69, 9.17) is 4.74 Å². The Balaban J connectivity index is 2.22. The first-order chi connectivity index (χ1) is 7.22. The van der Waals surface area contributed by atoms with Crippen molar-refractivity contribution in [2.45, 2.75) is 26.5 Å². The van der Waals surface area contributed by atoms with Gasteiger partial charge in [-0.05, 0) is 54.1 Å². The topological polar surface area (TPSA) is 21.3 Å². The second kappa shape index (κ2) is 7.19. The van der Waals surface area contributed by atoms with Crippen LogP contribution in [-0.2, 0) is 11.3 Å². The zero-order valence-electron chi connectivity index (χ0n) is 9.29. The molecule has 0 radical (unpaired) electrons. The van der Waals surface area contributed by atoms with Gasteiger partial charge in [-0.15, -0.1) is 0 Å². The largest absolute Gasteiger partial charge is 0.377 e. The average molecular weight is 319 g/mol. The number of benzene rings is 1. The Hall–Kier alpha value is -0.130. The standard InChI is InChI=1S/C12H18INO/c1-3-15-10(2)8-14-9-11-4-6-12(13)7-5-11/h4-7,10,14H,3,8-9H2,1-2H3. The van der Waals surface area contributed by atoms with Crippen LogP contribution in [0.25, 0.3) is 0 Å². The molecule has 0 aliphatic heterocycles. The molecule has 0 amide bonds. The van der Waals surface area contributed by atoms with Gasteiger partial charge in [-0.25, -0.2) is 0 Å². The molecule has 1 unspecified atom stereocenters. The van der Waals surface area contributed by atoms with E-state index in [-0.39, 0.29) is 0 Å². The van der Waals surface area contributed by atoms with Crippen LogP contribution in [0.15, 0.2) is 24.3 Å². The Morgan fingerprint density at radius 1 is 1.33 bits per heavy atom. The monoisotopic (exact) mass is 319 g/mol. The molecule has 0 spiro atoms. The molecule has 1 rings (SSSR count). The first kappa shape index (κ1) is 12.9. The number of rotatable bonds is 6. The summed E-state index contributed by atoms with van der Waals surface area (Å²) in [5.74, 6) is 0. The van der Waals surface area contributed by atoms with E-state index in [0.717, 1.165) is 19.7 Å². The summed E-state index contributed by atoms with van der Waals surface area (Å²) >= 11 is 2.32. The minimum Gasteiger partial charge on any atom is -0.377 e. The van der Waals surface area contributed by atoms with E-state index in [1.807, 2.05) is 6.92 Å². The molecule has 1 aromatic rings. The van der Waals surface area contributed by atoms with Gasteiger partial charge in [0.25, 0.3) is 0 Å². The average Bonchev–Trinajstić information content (AvgIpc) is 2.21. The van der Waals surface area contributed by atoms with Crippen LogP contribution in [0.4, 0.5) is 0 Å². The van der Waals surface area contributed by atoms with Crippen LogP contribution in [0.3, 0.4) is 0 Å². The van der Waals surface area contributed by atoms with Crippen LogP contribution in [0, 0.1) is 3.57 Å². The number of ether oxygens (including phenoxy) is 1. The van der Waals surface area contributed by atoms with E-state index in [0.29, 0.717) is 6.10 Å². The molecule has 84 valence electrons. The van der Waals surface area contributed by atoms with Gasteiger partial charge in [0.2, 0.25) is 0 Å². The normalized spacial score (nSPS) is 12.7. The van der Waals surface area contributed by atoms with Crippen molar-refractivity contribution in [3.63, 3.8) is 0 Å². The molecule has 0 heterocycles. The lowest BCUT2D eigenvalue weighted by Gasteiger charge is -2.12. The van der Waals surface area contributed by atoms with Crippen molar-refractivity contribution in [3.05, 3.63) is 33.4 Å². The van der Waals surface area contributed by atoms with Crippen molar-refractivity contribution in [2.24, 2.45) is 0 Å². The maximum atomic E-state index is 5.44. The summed E-state index contributed by atoms with van der Waals surface area (Å²) < 4.78 is 6.71. The molecule has 0 aliphatic carbocycles. The Morgan fingerprint density at radius 2 is 2.00 bits per heavy atom. The van der Waals surface area contributed by atoms with Gasteiger partial charge in [0, 0.05) is 23.3 Å². The van der Waals surface area contributed by atoms with Crippen molar-refractivity contribution in [1.29, 1.82) is 0 Å². The highest BCUT2D eigenvalue weighted by molar-refractivity contribution is 14.1. The lowest BCUT2D eigenvalue weighted by molar-refractivity contribution is 0.0759. The van der Waals surface area contributed by atoms with Gasteiger partial charge in [-0.2, -0.15) is 0 Å². The van der Waals surface area contributed by atoms with E-state index < -0.39 is 0 Å². The van der Waals surface area contributed by atoms with E-state index in [1.165, 1.54) is 9.13 Å². The molecule has 0 saturated carbocycles. The van der Waals surface area contributed by atoms with Crippen molar-refractivity contribution in [1.82, 2.24) is 5.32 Å². The van der Waals surface area contributed by atoms with Crippen molar-refractivity contribution in [3.8, 4) is 0 Å². The summed E-state index contributed by atoms with van der Waals surface area (Å²) in [4.78, 5) is 0. The van der Waals surface area contributed by atoms with Gasteiger partial charge in [0.05, 0.1) is 6.10 Å². The first-order valence-corrected chi connectivity index (χ1v) is 6.37. The molecule has 0 aromatic heterocycles. The second-order valence-electron chi connectivity index (χ2n) is 3.52. The summed E-state index contributed by atoms with van der Waals surface area (Å²) in [6, 6.07) is 8.56. The quantitative estimate of drug-likeness (QED) is 0.814. The van der Waals surface area contributed by atoms with Gasteiger partial charge in [0.15, 0.2) is 0 Å². The van der Waals surface area contributed by atoms with Crippen LogP contribution in [0.1, 0.15) is 19.4 Å². The SMILES string of the molecule is CCOC(C)CNCc1ccc(I)cc1. The van der Waals surface area contributed by atoms with E-state index in [1.54, 1.807) is 0 Å². The van der Waals surface area contributed by atoms with Crippen LogP contribution < -0.4 is 5.32 Å². The van der Waals surface area contributed by atoms with Gasteiger partial charge in [-0.3, -0.25) is 0 Å². The fourth-order valence-electron chi connectivity index (χ4n) is 1.37. The fraction of sp³-hybridized carbons (Fsp3) is 0.500. The number of hydrogen-bond donors (Lipinski definition) is 1. The molecule has 1 aromatic carbocycles. The third-order valence-electron chi connectivity index (χ3n) is 2.13. The predicted octanol–water partition coefficient (Wildman–Crippen LogP) is 2.81. The number of halogens is 1. The third-order valence-corrected chi connectivity index (χ3v) is 2.84. The Kier molecular flexibility index (Phi) is 6.20. The predicted molar refractivity (Wildman–Crippen MR) is 72.0 cm³/mol. The number of nitrogens with one attached hydrogen (secondary N) is 1. The molecule has 0 bridgehead atoms. The van der Waals surface area contributed by atoms with Crippen LogP contribution >= 0.6 is 22.6 Å². The minimum absolute atomic E-state index is 0.291. The third kappa shape index (κ3) is 5.49. The van der Waals surface area contributed by atoms with Gasteiger partial charge in [-0.1, -0.05) is 12.1 Å². The molecule has 3 heteroatoms. The zero-order valence-corrected chi connectivity index (χ0v) is 11.5. The maximum absolute atomic E-state index is 5.44. The highest BCUT2D eigenvalue weighted by Gasteiger charge is 1.99. The highest BCUT2D eigenvalue weighted by atomic mass is 127. The Labute approximate surface area is 106 Å². The van der Waals surface area contributed by atoms with Crippen LogP contribution in [0.5, 0.6) is 0 Å². The second-order valence-corrected chi connectivity index (χ2v) is 4.77. The Bertz CT molecular complexity index is 273. The lowest BCUT2D eigenvalue weighted by Crippen LogP contribution is -2.26. The van der Waals surface area contributed by atoms with E-state index >= 15 is 0 Å². The van der Waals surface area contributed by atoms with Crippen molar-refractivity contribution in [2.75, 3.05) is 13.2 Å². The summed E-state index contributed by atoms with van der Waals surface area (Å²) in [7, 11) is 0. The van der Waals surface area contributed by atoms with E-state index in [2.05, 4.69) is 59.1 Å². The van der Waals surface area contributed by atoms with E-state index in [9.17, 15) is 0 Å². The van der Waals surface area contributed by atoms with Crippen LogP contribution in [0.2, 0.25) is 0 Å². The maximum Gasteiger partial charge on any atom is 0.0671 e. The van der Waals surface area contributed by atoms with Gasteiger partial charge < -0.3 is 10.1 Å². The minimum atomic E-state index is 0.291. The Morgan fingerprint density at radius 3 is 2.60 bits per heavy atom. The molecular weight excluding hydrogens is 301 g/mol. The van der Waals surface area contributed by atoms with Gasteiger partial charge in [0.1, 0.15) is 0 Å². The zero-order chi connectivity index (χ0) is 11.1. The summed E-state index contributed by atoms with van der Waals surface area (Å²) in [5, 5.41) is 3.38. The lowest BCUT2D eigenvalue weighted by atomic mass is 10.2. The molecule has 1 atom stereocenters. The molecule has 2 nitrogen and oxygen atoms in total. The summed E-state index contributed by atoms with van der Waals surface area (Å²) in [6.07, 6.45) is 0.291. The fourth-order valence-corrected chi connectivity index (χ4v) is 1.73. The summed E-state index contributed by atoms with van der Waals surface area (Å²) in [6.45, 7) is 6.71. The van der Waals surface area contributed by atoms with Crippen molar-refractivity contribution < 1.29 is 4.74 Å². The van der Waals surface area contributed by atoms with Crippen molar-refractivity contribution >= 4 is 22.6 Å². The molecule has 15 heavy (non-hydrogen) atoms. The number of hydrogen-bond acceptors (Lipinski definition) is 2. The molecule has 0 aliphatic rings. The molecule has 0 fully saturated rings. The van der Waals surface area contributed by atoms with Gasteiger partial charge >= 0.3 is 0 Å². The summed E-state index contributed by atoms with van der Waals surface area (Å²) in [5.41, 5.74) is 1.32. The molecule has 0 saturated heterocycles. The highest BCUT2D eigenvalue weighted by Crippen LogP contribution is 2.06. The molecule has 1 N–H and O–H groups in total. The first-order valence-electron chi connectivity index (χ1n) is 5.29.